The Bertz CT molecular complexity index is 430. The Kier molecular flexibility index (Phi) is 1.30. The number of nitrogens with two attached hydrogens (primary N) is 1. The van der Waals surface area contributed by atoms with Gasteiger partial charge >= 0.3 is 0 Å². The molecule has 0 atom stereocenters. The number of amidine groups is 1. The first-order valence-electron chi connectivity index (χ1n) is 3.40. The number of nitrogens with zero attached hydrogens (tertiary/aromatic N) is 3. The molecule has 3 N–H and O–H groups in total. The summed E-state index contributed by atoms with van der Waals surface area (Å²) < 4.78 is 1.77. The fourth-order valence-corrected chi connectivity index (χ4v) is 0.965. The molecule has 0 aliphatic carbocycles. The molecule has 0 bridgehead atoms. The molecule has 2 aromatic rings. The number of aromatic nitrogens is 3. The quantitative estimate of drug-likeness (QED) is 0.456. The van der Waals surface area contributed by atoms with Crippen LogP contribution in [0.5, 0.6) is 0 Å². The van der Waals surface area contributed by atoms with Crippen LogP contribution < -0.4 is 5.73 Å². The summed E-state index contributed by atoms with van der Waals surface area (Å²) >= 11 is 0. The second kappa shape index (κ2) is 2.30. The smallest absolute Gasteiger partial charge is 0.155 e. The topological polar surface area (TPSA) is 80.1 Å². The van der Waals surface area contributed by atoms with E-state index in [1.807, 2.05) is 0 Å². The third-order valence-corrected chi connectivity index (χ3v) is 1.56. The van der Waals surface area contributed by atoms with Gasteiger partial charge in [0.15, 0.2) is 5.65 Å². The maximum absolute atomic E-state index is 7.15. The van der Waals surface area contributed by atoms with E-state index in [1.165, 1.54) is 0 Å². The molecule has 0 aliphatic heterocycles. The highest BCUT2D eigenvalue weighted by atomic mass is 15.0. The number of hydrogen-bond acceptors (Lipinski definition) is 3. The lowest BCUT2D eigenvalue weighted by Gasteiger charge is -1.97. The van der Waals surface area contributed by atoms with E-state index in [2.05, 4.69) is 9.97 Å². The highest BCUT2D eigenvalue weighted by Crippen LogP contribution is 1.99. The van der Waals surface area contributed by atoms with E-state index in [9.17, 15) is 0 Å². The molecule has 2 rings (SSSR count). The minimum atomic E-state index is -0.0365. The van der Waals surface area contributed by atoms with E-state index >= 15 is 0 Å². The lowest BCUT2D eigenvalue weighted by Crippen LogP contribution is -2.13. The van der Waals surface area contributed by atoms with E-state index in [0.29, 0.717) is 5.69 Å². The number of nitrogen functional groups attached to an aromatic ring is 1. The third-order valence-electron chi connectivity index (χ3n) is 1.56. The first-order valence-corrected chi connectivity index (χ1v) is 3.40. The molecule has 60 valence electrons. The minimum Gasteiger partial charge on any atom is -0.382 e. The minimum absolute atomic E-state index is 0.0365. The maximum atomic E-state index is 7.15. The molecule has 0 aromatic carbocycles. The van der Waals surface area contributed by atoms with Crippen LogP contribution in [0.4, 0.5) is 0 Å². The SMILES string of the molecule is N=C(N)c1cn2ccnc2cn1. The maximum Gasteiger partial charge on any atom is 0.155 e. The van der Waals surface area contributed by atoms with Crippen LogP contribution in [0.3, 0.4) is 0 Å². The van der Waals surface area contributed by atoms with Gasteiger partial charge in [-0.15, -0.1) is 0 Å². The van der Waals surface area contributed by atoms with Crippen molar-refractivity contribution in [2.75, 3.05) is 0 Å². The first-order chi connectivity index (χ1) is 5.77. The average Bonchev–Trinajstić information content (AvgIpc) is 2.49. The van der Waals surface area contributed by atoms with Crippen molar-refractivity contribution >= 4 is 11.5 Å². The van der Waals surface area contributed by atoms with E-state index in [1.54, 1.807) is 29.2 Å². The lowest BCUT2D eigenvalue weighted by molar-refractivity contribution is 1.10. The Morgan fingerprint density at radius 2 is 2.33 bits per heavy atom. The van der Waals surface area contributed by atoms with Crippen LogP contribution in [0.25, 0.3) is 5.65 Å². The van der Waals surface area contributed by atoms with Gasteiger partial charge in [0.1, 0.15) is 11.5 Å². The van der Waals surface area contributed by atoms with Gasteiger partial charge in [-0.2, -0.15) is 0 Å². The molecule has 0 saturated heterocycles. The zero-order valence-electron chi connectivity index (χ0n) is 6.23. The molecule has 0 radical (unpaired) electrons. The highest BCUT2D eigenvalue weighted by Gasteiger charge is 1.99. The van der Waals surface area contributed by atoms with E-state index in [0.717, 1.165) is 5.65 Å². The molecule has 5 nitrogen and oxygen atoms in total. The zero-order valence-corrected chi connectivity index (χ0v) is 6.23. The Hall–Kier alpha value is -1.91. The number of imidazole rings is 1. The number of fused-ring (bicyclic) bond motifs is 1. The second-order valence-electron chi connectivity index (χ2n) is 2.38. The Labute approximate surface area is 68.4 Å². The largest absolute Gasteiger partial charge is 0.382 e. The summed E-state index contributed by atoms with van der Waals surface area (Å²) in [6, 6.07) is 0. The fourth-order valence-electron chi connectivity index (χ4n) is 0.965. The molecular weight excluding hydrogens is 154 g/mol. The van der Waals surface area contributed by atoms with Gasteiger partial charge in [-0.3, -0.25) is 5.41 Å². The molecule has 0 aliphatic rings. The van der Waals surface area contributed by atoms with Crippen LogP contribution in [0.1, 0.15) is 5.69 Å². The van der Waals surface area contributed by atoms with E-state index in [-0.39, 0.29) is 5.84 Å². The van der Waals surface area contributed by atoms with Gasteiger partial charge < -0.3 is 10.1 Å². The van der Waals surface area contributed by atoms with Crippen LogP contribution in [0.2, 0.25) is 0 Å². The molecule has 0 unspecified atom stereocenters. The molecule has 2 aromatic heterocycles. The van der Waals surface area contributed by atoms with Gasteiger partial charge in [0, 0.05) is 18.6 Å². The van der Waals surface area contributed by atoms with Gasteiger partial charge in [-0.05, 0) is 0 Å². The lowest BCUT2D eigenvalue weighted by atomic mass is 10.4. The van der Waals surface area contributed by atoms with Gasteiger partial charge in [0.05, 0.1) is 6.20 Å². The summed E-state index contributed by atoms with van der Waals surface area (Å²) in [5.41, 5.74) is 6.47. The van der Waals surface area contributed by atoms with Gasteiger partial charge in [0.25, 0.3) is 0 Å². The summed E-state index contributed by atoms with van der Waals surface area (Å²) in [5.74, 6) is -0.0365. The third kappa shape index (κ3) is 0.914. The van der Waals surface area contributed by atoms with Crippen molar-refractivity contribution in [3.05, 3.63) is 30.5 Å². The van der Waals surface area contributed by atoms with Crippen molar-refractivity contribution in [1.82, 2.24) is 14.4 Å². The number of rotatable bonds is 1. The Morgan fingerprint density at radius 3 is 3.08 bits per heavy atom. The van der Waals surface area contributed by atoms with Crippen LogP contribution in [-0.2, 0) is 0 Å². The molecule has 5 heteroatoms. The summed E-state index contributed by atoms with van der Waals surface area (Å²) in [6.45, 7) is 0. The zero-order chi connectivity index (χ0) is 8.55. The standard InChI is InChI=1S/C7H7N5/c8-7(9)5-4-12-2-1-10-6(12)3-11-5/h1-4H,(H3,8,9). The van der Waals surface area contributed by atoms with E-state index < -0.39 is 0 Å². The van der Waals surface area contributed by atoms with Crippen LogP contribution in [-0.4, -0.2) is 20.2 Å². The van der Waals surface area contributed by atoms with Crippen LogP contribution in [0, 0.1) is 5.41 Å². The summed E-state index contributed by atoms with van der Waals surface area (Å²) in [7, 11) is 0. The molecule has 0 fully saturated rings. The molecule has 0 amide bonds. The van der Waals surface area contributed by atoms with Crippen molar-refractivity contribution < 1.29 is 0 Å². The monoisotopic (exact) mass is 161 g/mol. The van der Waals surface area contributed by atoms with Crippen molar-refractivity contribution in [3.63, 3.8) is 0 Å². The van der Waals surface area contributed by atoms with Gasteiger partial charge in [-0.1, -0.05) is 0 Å². The van der Waals surface area contributed by atoms with Crippen LogP contribution >= 0.6 is 0 Å². The van der Waals surface area contributed by atoms with Crippen molar-refractivity contribution in [3.8, 4) is 0 Å². The van der Waals surface area contributed by atoms with Crippen molar-refractivity contribution in [2.45, 2.75) is 0 Å². The molecular formula is C7H7N5. The second-order valence-corrected chi connectivity index (χ2v) is 2.38. The van der Waals surface area contributed by atoms with Crippen LogP contribution in [0.15, 0.2) is 24.8 Å². The van der Waals surface area contributed by atoms with Crippen molar-refractivity contribution in [2.24, 2.45) is 5.73 Å². The summed E-state index contributed by atoms with van der Waals surface area (Å²) in [6.07, 6.45) is 6.70. The average molecular weight is 161 g/mol. The summed E-state index contributed by atoms with van der Waals surface area (Å²) in [5, 5.41) is 7.15. The van der Waals surface area contributed by atoms with Crippen molar-refractivity contribution in [1.29, 1.82) is 5.41 Å². The fraction of sp³-hybridized carbons (Fsp3) is 0. The molecule has 0 saturated carbocycles. The van der Waals surface area contributed by atoms with Gasteiger partial charge in [0.2, 0.25) is 0 Å². The number of hydrogen-bond donors (Lipinski definition) is 2. The number of nitrogens with one attached hydrogen (secondary N) is 1. The van der Waals surface area contributed by atoms with E-state index in [4.69, 9.17) is 11.1 Å². The summed E-state index contributed by atoms with van der Waals surface area (Å²) in [4.78, 5) is 7.95. The first kappa shape index (κ1) is 6.78. The molecule has 12 heavy (non-hydrogen) atoms. The predicted octanol–water partition coefficient (Wildman–Crippen LogP) is 0.0134. The molecule has 2 heterocycles. The Morgan fingerprint density at radius 1 is 1.50 bits per heavy atom. The Balaban J connectivity index is 2.68. The predicted molar refractivity (Wildman–Crippen MR) is 44.0 cm³/mol. The van der Waals surface area contributed by atoms with Gasteiger partial charge in [-0.25, -0.2) is 9.97 Å². The highest BCUT2D eigenvalue weighted by molar-refractivity contribution is 5.92. The normalized spacial score (nSPS) is 10.3. The molecule has 0 spiro atoms.